The fourth-order valence-electron chi connectivity index (χ4n) is 2.82. The van der Waals surface area contributed by atoms with Gasteiger partial charge in [-0.15, -0.1) is 0 Å². The number of carbonyl (C=O) groups excluding carboxylic acids is 2. The molecule has 0 bridgehead atoms. The third-order valence-corrected chi connectivity index (χ3v) is 5.49. The van der Waals surface area contributed by atoms with Crippen molar-refractivity contribution in [2.24, 2.45) is 5.10 Å². The molecule has 3 aromatic rings. The van der Waals surface area contributed by atoms with Crippen LogP contribution in [-0.4, -0.2) is 38.9 Å². The van der Waals surface area contributed by atoms with Crippen LogP contribution in [0.5, 0.6) is 17.2 Å². The van der Waals surface area contributed by atoms with Gasteiger partial charge in [-0.25, -0.2) is 5.43 Å². The fraction of sp³-hybridized carbons (Fsp3) is 0.125. The lowest BCUT2D eigenvalue weighted by Crippen LogP contribution is -2.20. The number of hydrazone groups is 1. The van der Waals surface area contributed by atoms with Gasteiger partial charge in [0.25, 0.3) is 11.8 Å². The van der Waals surface area contributed by atoms with Crippen molar-refractivity contribution in [2.45, 2.75) is 0 Å². The highest BCUT2D eigenvalue weighted by Gasteiger charge is 2.14. The van der Waals surface area contributed by atoms with Gasteiger partial charge in [-0.2, -0.15) is 5.10 Å². The van der Waals surface area contributed by atoms with Gasteiger partial charge in [0.2, 0.25) is 0 Å². The van der Waals surface area contributed by atoms with Gasteiger partial charge in [0.05, 0.1) is 24.0 Å². The number of amides is 2. The van der Waals surface area contributed by atoms with Crippen molar-refractivity contribution < 1.29 is 23.8 Å². The Morgan fingerprint density at radius 3 is 2.53 bits per heavy atom. The number of halogens is 2. The molecule has 0 aromatic heterocycles. The molecule has 3 rings (SSSR count). The summed E-state index contributed by atoms with van der Waals surface area (Å²) in [5.74, 6) is 0.724. The first-order chi connectivity index (χ1) is 16.4. The van der Waals surface area contributed by atoms with Crippen LogP contribution in [0.2, 0.25) is 5.02 Å². The first-order valence-electron chi connectivity index (χ1n) is 9.93. The van der Waals surface area contributed by atoms with Crippen LogP contribution >= 0.6 is 34.2 Å². The predicted molar refractivity (Wildman–Crippen MR) is 139 cm³/mol. The van der Waals surface area contributed by atoms with Crippen LogP contribution in [0.1, 0.15) is 15.9 Å². The van der Waals surface area contributed by atoms with E-state index in [1.165, 1.54) is 20.4 Å². The van der Waals surface area contributed by atoms with Crippen LogP contribution in [0.3, 0.4) is 0 Å². The Hall–Kier alpha value is -3.31. The molecule has 0 heterocycles. The molecule has 10 heteroatoms. The van der Waals surface area contributed by atoms with E-state index in [1.807, 2.05) is 0 Å². The average molecular weight is 594 g/mol. The maximum Gasteiger partial charge on any atom is 0.271 e. The lowest BCUT2D eigenvalue weighted by Gasteiger charge is -2.13. The highest BCUT2D eigenvalue weighted by atomic mass is 127. The second-order valence-electron chi connectivity index (χ2n) is 6.81. The number of nitrogens with one attached hydrogen (secondary N) is 2. The van der Waals surface area contributed by atoms with E-state index in [2.05, 4.69) is 38.4 Å². The van der Waals surface area contributed by atoms with E-state index < -0.39 is 0 Å². The highest BCUT2D eigenvalue weighted by molar-refractivity contribution is 14.1. The molecule has 0 fully saturated rings. The van der Waals surface area contributed by atoms with Gasteiger partial charge in [-0.3, -0.25) is 9.59 Å². The van der Waals surface area contributed by atoms with Crippen LogP contribution in [0.25, 0.3) is 0 Å². The second-order valence-corrected chi connectivity index (χ2v) is 8.41. The minimum Gasteiger partial charge on any atom is -0.497 e. The summed E-state index contributed by atoms with van der Waals surface area (Å²) in [6, 6.07) is 17.0. The lowest BCUT2D eigenvalue weighted by atomic mass is 10.2. The Morgan fingerprint density at radius 2 is 1.82 bits per heavy atom. The molecule has 0 aliphatic heterocycles. The van der Waals surface area contributed by atoms with Gasteiger partial charge in [-0.05, 0) is 82.8 Å². The van der Waals surface area contributed by atoms with E-state index in [9.17, 15) is 9.59 Å². The Bertz CT molecular complexity index is 1200. The van der Waals surface area contributed by atoms with Crippen molar-refractivity contribution in [1.29, 1.82) is 0 Å². The molecule has 2 N–H and O–H groups in total. The zero-order chi connectivity index (χ0) is 24.5. The van der Waals surface area contributed by atoms with Crippen molar-refractivity contribution in [1.82, 2.24) is 5.43 Å². The first-order valence-corrected chi connectivity index (χ1v) is 11.4. The Labute approximate surface area is 215 Å². The lowest BCUT2D eigenvalue weighted by molar-refractivity contribution is -0.118. The van der Waals surface area contributed by atoms with Crippen LogP contribution in [0.4, 0.5) is 5.69 Å². The molecule has 8 nitrogen and oxygen atoms in total. The molecule has 0 atom stereocenters. The molecule has 0 saturated carbocycles. The van der Waals surface area contributed by atoms with E-state index in [0.29, 0.717) is 42.7 Å². The van der Waals surface area contributed by atoms with Crippen molar-refractivity contribution in [2.75, 3.05) is 26.1 Å². The average Bonchev–Trinajstić information content (AvgIpc) is 2.84. The van der Waals surface area contributed by atoms with E-state index in [4.69, 9.17) is 25.8 Å². The maximum absolute atomic E-state index is 12.3. The number of methoxy groups -OCH3 is 2. The van der Waals surface area contributed by atoms with Crippen LogP contribution in [0, 0.1) is 3.57 Å². The standard InChI is InChI=1S/C24H21ClIN3O5/c1-32-19-5-3-4-16(12-19)24(31)29-27-13-15-10-20(26)23(21(11-15)33-2)34-14-22(30)28-18-8-6-17(25)7-9-18/h3-13H,14H2,1-2H3,(H,28,30)(H,29,31)/b27-13+. The van der Waals surface area contributed by atoms with Gasteiger partial charge in [0.1, 0.15) is 5.75 Å². The number of hydrogen-bond acceptors (Lipinski definition) is 6. The third-order valence-electron chi connectivity index (χ3n) is 4.44. The van der Waals surface area contributed by atoms with Gasteiger partial charge >= 0.3 is 0 Å². The largest absolute Gasteiger partial charge is 0.497 e. The zero-order valence-corrected chi connectivity index (χ0v) is 21.2. The molecular weight excluding hydrogens is 573 g/mol. The smallest absolute Gasteiger partial charge is 0.271 e. The maximum atomic E-state index is 12.3. The molecule has 0 aliphatic carbocycles. The monoisotopic (exact) mass is 593 g/mol. The van der Waals surface area contributed by atoms with E-state index in [1.54, 1.807) is 60.7 Å². The third kappa shape index (κ3) is 7.09. The van der Waals surface area contributed by atoms with Crippen molar-refractivity contribution in [3.05, 3.63) is 80.4 Å². The number of anilines is 1. The number of carbonyl (C=O) groups is 2. The number of hydrogen-bond donors (Lipinski definition) is 2. The predicted octanol–water partition coefficient (Wildman–Crippen LogP) is 4.74. The zero-order valence-electron chi connectivity index (χ0n) is 18.3. The summed E-state index contributed by atoms with van der Waals surface area (Å²) >= 11 is 7.93. The molecule has 2 amide bonds. The molecular formula is C24H21ClIN3O5. The number of nitrogens with zero attached hydrogens (tertiary/aromatic N) is 1. The van der Waals surface area contributed by atoms with Gasteiger partial charge in [0.15, 0.2) is 18.1 Å². The van der Waals surface area contributed by atoms with Gasteiger partial charge < -0.3 is 19.5 Å². The number of benzene rings is 3. The van der Waals surface area contributed by atoms with Crippen LogP contribution in [-0.2, 0) is 4.79 Å². The van der Waals surface area contributed by atoms with Crippen molar-refractivity contribution in [3.63, 3.8) is 0 Å². The number of rotatable bonds is 9. The minimum atomic E-state index is -0.372. The summed E-state index contributed by atoms with van der Waals surface area (Å²) in [6.45, 7) is -0.209. The fourth-order valence-corrected chi connectivity index (χ4v) is 3.72. The van der Waals surface area contributed by atoms with Crippen molar-refractivity contribution >= 4 is 57.9 Å². The molecule has 0 saturated heterocycles. The Kier molecular flexibility index (Phi) is 9.11. The quantitative estimate of drug-likeness (QED) is 0.212. The van der Waals surface area contributed by atoms with Gasteiger partial charge in [0, 0.05) is 16.3 Å². The molecule has 176 valence electrons. The second kappa shape index (κ2) is 12.2. The molecule has 0 spiro atoms. The molecule has 34 heavy (non-hydrogen) atoms. The van der Waals surface area contributed by atoms with E-state index >= 15 is 0 Å². The van der Waals surface area contributed by atoms with Crippen LogP contribution < -0.4 is 25.0 Å². The first kappa shape index (κ1) is 25.3. The molecule has 0 unspecified atom stereocenters. The summed E-state index contributed by atoms with van der Waals surface area (Å²) in [6.07, 6.45) is 1.49. The topological polar surface area (TPSA) is 98.3 Å². The summed E-state index contributed by atoms with van der Waals surface area (Å²) in [4.78, 5) is 24.5. The number of ether oxygens (including phenoxy) is 3. The molecule has 3 aromatic carbocycles. The van der Waals surface area contributed by atoms with E-state index in [-0.39, 0.29) is 18.4 Å². The molecule has 0 radical (unpaired) electrons. The SMILES string of the molecule is COc1cccc(C(=O)N/N=C/c2cc(I)c(OCC(=O)Nc3ccc(Cl)cc3)c(OC)c2)c1. The Balaban J connectivity index is 1.62. The van der Waals surface area contributed by atoms with Gasteiger partial charge in [-0.1, -0.05) is 17.7 Å². The van der Waals surface area contributed by atoms with E-state index in [0.717, 1.165) is 0 Å². The normalized spacial score (nSPS) is 10.6. The highest BCUT2D eigenvalue weighted by Crippen LogP contribution is 2.33. The minimum absolute atomic E-state index is 0.209. The molecule has 0 aliphatic rings. The summed E-state index contributed by atoms with van der Waals surface area (Å²) in [7, 11) is 3.03. The Morgan fingerprint density at radius 1 is 1.06 bits per heavy atom. The summed E-state index contributed by atoms with van der Waals surface area (Å²) in [5.41, 5.74) is 4.18. The summed E-state index contributed by atoms with van der Waals surface area (Å²) in [5, 5.41) is 7.32. The van der Waals surface area contributed by atoms with Crippen molar-refractivity contribution in [3.8, 4) is 17.2 Å². The van der Waals surface area contributed by atoms with Crippen LogP contribution in [0.15, 0.2) is 65.8 Å². The summed E-state index contributed by atoms with van der Waals surface area (Å²) < 4.78 is 16.9.